The standard InChI is InChI=1S/C15H14N4OS/c1-2-4-13(5-3-1)20-8-12-6-14(21-9-12)7-17-15-18-10-16-11-19-15/h1-6,9-11H,7-8H2,(H,16,17,18,19). The van der Waals surface area contributed by atoms with Crippen molar-refractivity contribution in [2.75, 3.05) is 5.32 Å². The van der Waals surface area contributed by atoms with Gasteiger partial charge < -0.3 is 10.1 Å². The Morgan fingerprint density at radius 3 is 2.71 bits per heavy atom. The van der Waals surface area contributed by atoms with Crippen LogP contribution >= 0.6 is 11.3 Å². The largest absolute Gasteiger partial charge is 0.489 e. The number of rotatable bonds is 6. The van der Waals surface area contributed by atoms with Gasteiger partial charge >= 0.3 is 0 Å². The molecule has 0 fully saturated rings. The molecule has 21 heavy (non-hydrogen) atoms. The monoisotopic (exact) mass is 298 g/mol. The molecule has 1 aromatic carbocycles. The van der Waals surface area contributed by atoms with E-state index in [-0.39, 0.29) is 0 Å². The molecule has 6 heteroatoms. The highest BCUT2D eigenvalue weighted by molar-refractivity contribution is 7.10. The van der Waals surface area contributed by atoms with E-state index in [9.17, 15) is 0 Å². The number of hydrogen-bond acceptors (Lipinski definition) is 6. The Morgan fingerprint density at radius 2 is 1.90 bits per heavy atom. The lowest BCUT2D eigenvalue weighted by Crippen LogP contribution is -2.02. The van der Waals surface area contributed by atoms with Crippen molar-refractivity contribution in [2.24, 2.45) is 0 Å². The lowest BCUT2D eigenvalue weighted by molar-refractivity contribution is 0.306. The highest BCUT2D eigenvalue weighted by atomic mass is 32.1. The number of hydrogen-bond donors (Lipinski definition) is 1. The highest BCUT2D eigenvalue weighted by Crippen LogP contribution is 2.18. The Morgan fingerprint density at radius 1 is 1.10 bits per heavy atom. The fourth-order valence-corrected chi connectivity index (χ4v) is 2.59. The Labute approximate surface area is 126 Å². The molecule has 3 rings (SSSR count). The summed E-state index contributed by atoms with van der Waals surface area (Å²) < 4.78 is 5.72. The molecule has 0 amide bonds. The van der Waals surface area contributed by atoms with Crippen LogP contribution in [0, 0.1) is 0 Å². The molecule has 5 nitrogen and oxygen atoms in total. The van der Waals surface area contributed by atoms with Crippen molar-refractivity contribution in [2.45, 2.75) is 13.2 Å². The maximum atomic E-state index is 5.72. The first-order chi connectivity index (χ1) is 10.4. The van der Waals surface area contributed by atoms with Gasteiger partial charge in [0.25, 0.3) is 0 Å². The van der Waals surface area contributed by atoms with Crippen molar-refractivity contribution in [3.8, 4) is 5.75 Å². The molecule has 3 aromatic rings. The Hall–Kier alpha value is -2.47. The summed E-state index contributed by atoms with van der Waals surface area (Å²) in [7, 11) is 0. The van der Waals surface area contributed by atoms with Crippen LogP contribution in [0.5, 0.6) is 5.75 Å². The van der Waals surface area contributed by atoms with E-state index in [1.807, 2.05) is 30.3 Å². The third-order valence-electron chi connectivity index (χ3n) is 2.77. The zero-order valence-corrected chi connectivity index (χ0v) is 12.1. The highest BCUT2D eigenvalue weighted by Gasteiger charge is 2.02. The van der Waals surface area contributed by atoms with Crippen molar-refractivity contribution in [1.29, 1.82) is 0 Å². The van der Waals surface area contributed by atoms with Gasteiger partial charge in [-0.2, -0.15) is 0 Å². The zero-order chi connectivity index (χ0) is 14.3. The lowest BCUT2D eigenvalue weighted by atomic mass is 10.3. The number of para-hydroxylation sites is 1. The molecular weight excluding hydrogens is 284 g/mol. The molecule has 1 N–H and O–H groups in total. The second-order valence-corrected chi connectivity index (χ2v) is 5.33. The second-order valence-electron chi connectivity index (χ2n) is 4.34. The average Bonchev–Trinajstić information content (AvgIpc) is 3.01. The summed E-state index contributed by atoms with van der Waals surface area (Å²) >= 11 is 1.69. The van der Waals surface area contributed by atoms with E-state index in [0.29, 0.717) is 19.1 Å². The molecule has 2 heterocycles. The van der Waals surface area contributed by atoms with Crippen LogP contribution in [-0.4, -0.2) is 15.0 Å². The molecule has 0 aliphatic rings. The minimum absolute atomic E-state index is 0.576. The normalized spacial score (nSPS) is 10.3. The molecule has 0 radical (unpaired) electrons. The van der Waals surface area contributed by atoms with Gasteiger partial charge in [-0.25, -0.2) is 15.0 Å². The quantitative estimate of drug-likeness (QED) is 0.757. The Bertz CT molecular complexity index is 614. The molecule has 0 aliphatic carbocycles. The van der Waals surface area contributed by atoms with E-state index < -0.39 is 0 Å². The fraction of sp³-hybridized carbons (Fsp3) is 0.133. The van der Waals surface area contributed by atoms with E-state index in [2.05, 4.69) is 31.7 Å². The van der Waals surface area contributed by atoms with Gasteiger partial charge in [-0.15, -0.1) is 11.3 Å². The molecule has 0 atom stereocenters. The topological polar surface area (TPSA) is 59.9 Å². The van der Waals surface area contributed by atoms with Gasteiger partial charge in [0, 0.05) is 10.4 Å². The van der Waals surface area contributed by atoms with Crippen molar-refractivity contribution in [3.05, 3.63) is 64.9 Å². The molecule has 0 saturated carbocycles. The Balaban J connectivity index is 1.52. The molecule has 0 aliphatic heterocycles. The molecular formula is C15H14N4OS. The van der Waals surface area contributed by atoms with Crippen LogP contribution in [0.4, 0.5) is 5.95 Å². The first-order valence-corrected chi connectivity index (χ1v) is 7.38. The van der Waals surface area contributed by atoms with Gasteiger partial charge in [-0.05, 0) is 23.6 Å². The van der Waals surface area contributed by atoms with E-state index in [1.165, 1.54) is 17.5 Å². The Kier molecular flexibility index (Phi) is 4.38. The number of thiophene rings is 1. The number of anilines is 1. The van der Waals surface area contributed by atoms with Crippen molar-refractivity contribution in [3.63, 3.8) is 0 Å². The molecule has 0 unspecified atom stereocenters. The minimum atomic E-state index is 0.576. The van der Waals surface area contributed by atoms with Crippen LogP contribution in [-0.2, 0) is 13.2 Å². The van der Waals surface area contributed by atoms with E-state index in [4.69, 9.17) is 4.74 Å². The van der Waals surface area contributed by atoms with Crippen molar-refractivity contribution in [1.82, 2.24) is 15.0 Å². The van der Waals surface area contributed by atoms with E-state index >= 15 is 0 Å². The van der Waals surface area contributed by atoms with Crippen LogP contribution in [0.1, 0.15) is 10.4 Å². The van der Waals surface area contributed by atoms with Gasteiger partial charge in [0.1, 0.15) is 25.0 Å². The first kappa shape index (κ1) is 13.5. The predicted octanol–water partition coefficient (Wildman–Crippen LogP) is 3.12. The summed E-state index contributed by atoms with van der Waals surface area (Å²) in [5, 5.41) is 5.26. The second kappa shape index (κ2) is 6.81. The summed E-state index contributed by atoms with van der Waals surface area (Å²) in [5.41, 5.74) is 1.16. The lowest BCUT2D eigenvalue weighted by Gasteiger charge is -2.03. The SMILES string of the molecule is c1ccc(OCc2csc(CNc3ncncn3)c2)cc1. The fourth-order valence-electron chi connectivity index (χ4n) is 1.77. The van der Waals surface area contributed by atoms with Crippen LogP contribution in [0.15, 0.2) is 54.4 Å². The molecule has 0 saturated heterocycles. The van der Waals surface area contributed by atoms with Gasteiger partial charge in [-0.3, -0.25) is 0 Å². The van der Waals surface area contributed by atoms with Gasteiger partial charge in [0.2, 0.25) is 5.95 Å². The van der Waals surface area contributed by atoms with Crippen LogP contribution in [0.3, 0.4) is 0 Å². The summed E-state index contributed by atoms with van der Waals surface area (Å²) in [6.45, 7) is 1.27. The van der Waals surface area contributed by atoms with Crippen LogP contribution in [0.2, 0.25) is 0 Å². The van der Waals surface area contributed by atoms with Crippen LogP contribution in [0.25, 0.3) is 0 Å². The third-order valence-corrected chi connectivity index (χ3v) is 3.76. The minimum Gasteiger partial charge on any atom is -0.489 e. The molecule has 0 spiro atoms. The number of ether oxygens (including phenoxy) is 1. The summed E-state index contributed by atoms with van der Waals surface area (Å²) in [6.07, 6.45) is 2.95. The zero-order valence-electron chi connectivity index (χ0n) is 11.3. The van der Waals surface area contributed by atoms with Gasteiger partial charge in [-0.1, -0.05) is 18.2 Å². The number of aromatic nitrogens is 3. The van der Waals surface area contributed by atoms with E-state index in [0.717, 1.165) is 11.3 Å². The van der Waals surface area contributed by atoms with Crippen LogP contribution < -0.4 is 10.1 Å². The smallest absolute Gasteiger partial charge is 0.225 e. The average molecular weight is 298 g/mol. The van der Waals surface area contributed by atoms with Crippen molar-refractivity contribution < 1.29 is 4.74 Å². The number of benzene rings is 1. The molecule has 0 bridgehead atoms. The van der Waals surface area contributed by atoms with E-state index in [1.54, 1.807) is 11.3 Å². The van der Waals surface area contributed by atoms with Gasteiger partial charge in [0.15, 0.2) is 0 Å². The summed E-state index contributed by atoms with van der Waals surface area (Å²) in [6, 6.07) is 11.9. The predicted molar refractivity (Wildman–Crippen MR) is 82.2 cm³/mol. The number of nitrogens with one attached hydrogen (secondary N) is 1. The third kappa shape index (κ3) is 4.00. The first-order valence-electron chi connectivity index (χ1n) is 6.50. The van der Waals surface area contributed by atoms with Crippen molar-refractivity contribution >= 4 is 17.3 Å². The van der Waals surface area contributed by atoms with Gasteiger partial charge in [0.05, 0.1) is 6.54 Å². The summed E-state index contributed by atoms with van der Waals surface area (Å²) in [5.74, 6) is 1.47. The maximum Gasteiger partial charge on any atom is 0.225 e. The summed E-state index contributed by atoms with van der Waals surface area (Å²) in [4.78, 5) is 13.0. The number of nitrogens with zero attached hydrogens (tertiary/aromatic N) is 3. The maximum absolute atomic E-state index is 5.72. The molecule has 106 valence electrons. The molecule has 2 aromatic heterocycles.